The number of fused-ring (bicyclic) bond motifs is 1. The third-order valence-corrected chi connectivity index (χ3v) is 6.44. The number of hydrogen-bond acceptors (Lipinski definition) is 6. The number of rotatable bonds is 4. The monoisotopic (exact) mass is 383 g/mol. The van der Waals surface area contributed by atoms with Crippen LogP contribution in [0.25, 0.3) is 15.9 Å². The van der Waals surface area contributed by atoms with Crippen molar-refractivity contribution in [2.45, 2.75) is 31.2 Å². The van der Waals surface area contributed by atoms with Crippen molar-refractivity contribution in [3.63, 3.8) is 0 Å². The van der Waals surface area contributed by atoms with E-state index in [4.69, 9.17) is 0 Å². The average molecular weight is 384 g/mol. The zero-order chi connectivity index (χ0) is 18.3. The Morgan fingerprint density at radius 2 is 2.00 bits per heavy atom. The molecule has 1 N–H and O–H groups in total. The Balaban J connectivity index is 1.68. The summed E-state index contributed by atoms with van der Waals surface area (Å²) in [5.74, 6) is 0.649. The molecule has 26 heavy (non-hydrogen) atoms. The van der Waals surface area contributed by atoms with Crippen molar-refractivity contribution in [2.24, 2.45) is 0 Å². The summed E-state index contributed by atoms with van der Waals surface area (Å²) in [7, 11) is 0. The van der Waals surface area contributed by atoms with Gasteiger partial charge in [0.2, 0.25) is 0 Å². The molecule has 0 aliphatic rings. The fourth-order valence-corrected chi connectivity index (χ4v) is 4.69. The van der Waals surface area contributed by atoms with Gasteiger partial charge in [0.05, 0.1) is 10.6 Å². The highest BCUT2D eigenvalue weighted by molar-refractivity contribution is 7.99. The van der Waals surface area contributed by atoms with E-state index < -0.39 is 0 Å². The minimum Gasteiger partial charge on any atom is -0.309 e. The smallest absolute Gasteiger partial charge is 0.259 e. The number of nitrogens with one attached hydrogen (secondary N) is 1. The molecule has 8 heteroatoms. The van der Waals surface area contributed by atoms with Gasteiger partial charge in [-0.25, -0.2) is 4.98 Å². The Morgan fingerprint density at radius 1 is 1.23 bits per heavy atom. The van der Waals surface area contributed by atoms with Crippen LogP contribution in [0, 0.1) is 13.8 Å². The molecule has 0 fully saturated rings. The molecule has 3 heterocycles. The maximum atomic E-state index is 12.5. The number of H-pyrrole nitrogens is 1. The molecule has 4 aromatic rings. The third-order valence-electron chi connectivity index (χ3n) is 4.28. The molecular formula is C18H17N5OS2. The predicted molar refractivity (Wildman–Crippen MR) is 105 cm³/mol. The van der Waals surface area contributed by atoms with Crippen molar-refractivity contribution in [1.29, 1.82) is 0 Å². The largest absolute Gasteiger partial charge is 0.309 e. The van der Waals surface area contributed by atoms with Crippen LogP contribution in [0.4, 0.5) is 0 Å². The van der Waals surface area contributed by atoms with Crippen LogP contribution < -0.4 is 5.56 Å². The lowest BCUT2D eigenvalue weighted by Gasteiger charge is -2.11. The fourth-order valence-electron chi connectivity index (χ4n) is 2.75. The SMILES string of the molecule is Cc1sc2nc([C@H](C)Sc3nncn3-c3ccccc3)[nH]c(=O)c2c1C. The molecule has 3 aromatic heterocycles. The molecule has 1 aromatic carbocycles. The van der Waals surface area contributed by atoms with Gasteiger partial charge in [-0.05, 0) is 38.5 Å². The van der Waals surface area contributed by atoms with Gasteiger partial charge < -0.3 is 4.98 Å². The Labute approximate surface area is 158 Å². The first-order chi connectivity index (χ1) is 12.5. The van der Waals surface area contributed by atoms with Crippen molar-refractivity contribution >= 4 is 33.3 Å². The van der Waals surface area contributed by atoms with Crippen molar-refractivity contribution < 1.29 is 0 Å². The number of aryl methyl sites for hydroxylation is 2. The fraction of sp³-hybridized carbons (Fsp3) is 0.222. The van der Waals surface area contributed by atoms with E-state index in [0.29, 0.717) is 11.2 Å². The number of aromatic nitrogens is 5. The maximum absolute atomic E-state index is 12.5. The Bertz CT molecular complexity index is 1130. The minimum atomic E-state index is -0.0798. The van der Waals surface area contributed by atoms with Gasteiger partial charge in [0.15, 0.2) is 5.16 Å². The Kier molecular flexibility index (Phi) is 4.37. The topological polar surface area (TPSA) is 76.5 Å². The van der Waals surface area contributed by atoms with Gasteiger partial charge in [-0.3, -0.25) is 9.36 Å². The summed E-state index contributed by atoms with van der Waals surface area (Å²) in [6.07, 6.45) is 1.69. The lowest BCUT2D eigenvalue weighted by Crippen LogP contribution is -2.12. The van der Waals surface area contributed by atoms with Crippen LogP contribution >= 0.6 is 23.1 Å². The number of benzene rings is 1. The summed E-state index contributed by atoms with van der Waals surface area (Å²) in [5.41, 5.74) is 1.92. The first kappa shape index (κ1) is 17.0. The van der Waals surface area contributed by atoms with Crippen LogP contribution in [0.5, 0.6) is 0 Å². The van der Waals surface area contributed by atoms with E-state index in [0.717, 1.165) is 26.1 Å². The van der Waals surface area contributed by atoms with Crippen LogP contribution in [-0.2, 0) is 0 Å². The van der Waals surface area contributed by atoms with Gasteiger partial charge in [-0.2, -0.15) is 0 Å². The average Bonchev–Trinajstić information content (AvgIpc) is 3.20. The van der Waals surface area contributed by atoms with E-state index in [1.54, 1.807) is 17.7 Å². The Morgan fingerprint density at radius 3 is 2.77 bits per heavy atom. The second-order valence-corrected chi connectivity index (χ2v) is 8.50. The molecule has 0 saturated carbocycles. The van der Waals surface area contributed by atoms with Crippen molar-refractivity contribution in [2.75, 3.05) is 0 Å². The van der Waals surface area contributed by atoms with Crippen molar-refractivity contribution in [3.8, 4) is 5.69 Å². The van der Waals surface area contributed by atoms with E-state index >= 15 is 0 Å². The summed E-state index contributed by atoms with van der Waals surface area (Å²) in [5, 5.41) is 9.63. The first-order valence-electron chi connectivity index (χ1n) is 8.16. The van der Waals surface area contributed by atoms with Crippen LogP contribution in [-0.4, -0.2) is 24.7 Å². The van der Waals surface area contributed by atoms with Gasteiger partial charge in [0.1, 0.15) is 17.0 Å². The molecule has 0 aliphatic carbocycles. The number of thioether (sulfide) groups is 1. The van der Waals surface area contributed by atoms with Gasteiger partial charge in [-0.1, -0.05) is 30.0 Å². The number of thiophene rings is 1. The summed E-state index contributed by atoms with van der Waals surface area (Å²) < 4.78 is 1.93. The van der Waals surface area contributed by atoms with E-state index in [1.807, 2.05) is 55.7 Å². The summed E-state index contributed by atoms with van der Waals surface area (Å²) in [4.78, 5) is 22.0. The number of para-hydroxylation sites is 1. The molecule has 0 spiro atoms. The highest BCUT2D eigenvalue weighted by atomic mass is 32.2. The Hall–Kier alpha value is -2.45. The summed E-state index contributed by atoms with van der Waals surface area (Å²) in [6, 6.07) is 9.92. The van der Waals surface area contributed by atoms with Gasteiger partial charge in [0, 0.05) is 10.6 Å². The molecule has 1 atom stereocenters. The van der Waals surface area contributed by atoms with Crippen LogP contribution in [0.1, 0.15) is 28.4 Å². The molecule has 0 aliphatic heterocycles. The molecule has 0 amide bonds. The molecular weight excluding hydrogens is 366 g/mol. The lowest BCUT2D eigenvalue weighted by molar-refractivity contribution is 0.861. The van der Waals surface area contributed by atoms with E-state index in [-0.39, 0.29) is 10.8 Å². The van der Waals surface area contributed by atoms with Crippen LogP contribution in [0.2, 0.25) is 0 Å². The van der Waals surface area contributed by atoms with E-state index in [1.165, 1.54) is 11.8 Å². The van der Waals surface area contributed by atoms with E-state index in [9.17, 15) is 4.79 Å². The standard InChI is InChI=1S/C18H17N5OS2/c1-10-11(2)25-17-14(10)16(24)20-15(21-17)12(3)26-18-22-19-9-23(18)13-7-5-4-6-8-13/h4-9,12H,1-3H3,(H,20,21,24)/t12-/m0/s1. The number of hydrogen-bond donors (Lipinski definition) is 1. The zero-order valence-corrected chi connectivity index (χ0v) is 16.2. The second kappa shape index (κ2) is 6.69. The maximum Gasteiger partial charge on any atom is 0.259 e. The second-order valence-electron chi connectivity index (χ2n) is 5.99. The highest BCUT2D eigenvalue weighted by Crippen LogP contribution is 2.34. The van der Waals surface area contributed by atoms with Crippen molar-refractivity contribution in [1.82, 2.24) is 24.7 Å². The molecule has 6 nitrogen and oxygen atoms in total. The summed E-state index contributed by atoms with van der Waals surface area (Å²) in [6.45, 7) is 5.98. The van der Waals surface area contributed by atoms with Gasteiger partial charge >= 0.3 is 0 Å². The first-order valence-corrected chi connectivity index (χ1v) is 9.86. The number of nitrogens with zero attached hydrogens (tertiary/aromatic N) is 4. The van der Waals surface area contributed by atoms with Crippen LogP contribution in [0.15, 0.2) is 46.6 Å². The normalized spacial score (nSPS) is 12.6. The summed E-state index contributed by atoms with van der Waals surface area (Å²) >= 11 is 3.07. The third kappa shape index (κ3) is 2.95. The minimum absolute atomic E-state index is 0.0681. The molecule has 0 radical (unpaired) electrons. The van der Waals surface area contributed by atoms with Crippen LogP contribution in [0.3, 0.4) is 0 Å². The molecule has 0 unspecified atom stereocenters. The van der Waals surface area contributed by atoms with Crippen molar-refractivity contribution in [3.05, 3.63) is 63.3 Å². The quantitative estimate of drug-likeness (QED) is 0.538. The zero-order valence-electron chi connectivity index (χ0n) is 14.6. The molecule has 0 bridgehead atoms. The van der Waals surface area contributed by atoms with Gasteiger partial charge in [0.25, 0.3) is 5.56 Å². The van der Waals surface area contributed by atoms with E-state index in [2.05, 4.69) is 20.2 Å². The predicted octanol–water partition coefficient (Wildman–Crippen LogP) is 4.04. The molecule has 132 valence electrons. The molecule has 0 saturated heterocycles. The highest BCUT2D eigenvalue weighted by Gasteiger charge is 2.18. The lowest BCUT2D eigenvalue weighted by atomic mass is 10.2. The van der Waals surface area contributed by atoms with Gasteiger partial charge in [-0.15, -0.1) is 21.5 Å². The molecule has 4 rings (SSSR count). The number of aromatic amines is 1.